The van der Waals surface area contributed by atoms with Crippen molar-refractivity contribution in [2.24, 2.45) is 5.73 Å². The maximum absolute atomic E-state index is 14.1. The van der Waals surface area contributed by atoms with E-state index in [0.29, 0.717) is 5.56 Å². The minimum absolute atomic E-state index is 0.0948. The Morgan fingerprint density at radius 3 is 2.24 bits per heavy atom. The molecule has 112 valence electrons. The first-order valence-corrected chi connectivity index (χ1v) is 7.51. The average molecular weight is 285 g/mol. The minimum Gasteiger partial charge on any atom is -0.324 e. The van der Waals surface area contributed by atoms with Crippen LogP contribution in [0.1, 0.15) is 51.3 Å². The van der Waals surface area contributed by atoms with Gasteiger partial charge in [0.25, 0.3) is 0 Å². The number of nitrogens with two attached hydrogens (primary N) is 1. The molecule has 0 aliphatic rings. The highest BCUT2D eigenvalue weighted by molar-refractivity contribution is 5.65. The zero-order valence-electron chi connectivity index (χ0n) is 13.3. The van der Waals surface area contributed by atoms with Gasteiger partial charge in [-0.2, -0.15) is 0 Å². The molecule has 0 aromatic heterocycles. The second-order valence-electron chi connectivity index (χ2n) is 6.34. The smallest absolute Gasteiger partial charge is 0.131 e. The third kappa shape index (κ3) is 3.33. The molecule has 0 aliphatic heterocycles. The van der Waals surface area contributed by atoms with Crippen LogP contribution in [0.25, 0.3) is 11.1 Å². The molecule has 0 saturated heterocycles. The Balaban J connectivity index is 2.41. The van der Waals surface area contributed by atoms with Crippen molar-refractivity contribution in [2.45, 2.75) is 45.6 Å². The van der Waals surface area contributed by atoms with E-state index in [1.165, 1.54) is 11.6 Å². The molecule has 0 spiro atoms. The molecular formula is C19H24FN. The molecule has 2 heteroatoms. The van der Waals surface area contributed by atoms with E-state index in [0.717, 1.165) is 17.5 Å². The third-order valence-corrected chi connectivity index (χ3v) is 4.38. The Kier molecular flexibility index (Phi) is 4.48. The van der Waals surface area contributed by atoms with Crippen LogP contribution >= 0.6 is 0 Å². The lowest BCUT2D eigenvalue weighted by molar-refractivity contribution is 0.506. The molecule has 1 atom stereocenters. The van der Waals surface area contributed by atoms with Crippen LogP contribution in [0, 0.1) is 5.82 Å². The quantitative estimate of drug-likeness (QED) is 0.821. The van der Waals surface area contributed by atoms with Gasteiger partial charge in [-0.3, -0.25) is 0 Å². The number of halogens is 1. The molecule has 1 nitrogen and oxygen atoms in total. The average Bonchev–Trinajstić information content (AvgIpc) is 2.47. The van der Waals surface area contributed by atoms with Crippen molar-refractivity contribution >= 4 is 0 Å². The fourth-order valence-corrected chi connectivity index (χ4v) is 2.35. The van der Waals surface area contributed by atoms with E-state index in [2.05, 4.69) is 32.9 Å². The normalized spacial score (nSPS) is 13.2. The van der Waals surface area contributed by atoms with Gasteiger partial charge in [0.05, 0.1) is 0 Å². The monoisotopic (exact) mass is 285 g/mol. The highest BCUT2D eigenvalue weighted by Gasteiger charge is 2.18. The van der Waals surface area contributed by atoms with Gasteiger partial charge in [-0.1, -0.05) is 51.1 Å². The SMILES string of the molecule is CCC(C)(C)c1ccc(-c2cc(C(C)N)ccc2F)cc1. The molecule has 2 aromatic carbocycles. The molecule has 2 rings (SSSR count). The third-order valence-electron chi connectivity index (χ3n) is 4.38. The molecule has 0 fully saturated rings. The van der Waals surface area contributed by atoms with E-state index >= 15 is 0 Å². The zero-order valence-corrected chi connectivity index (χ0v) is 13.3. The summed E-state index contributed by atoms with van der Waals surface area (Å²) in [5.74, 6) is -0.207. The van der Waals surface area contributed by atoms with Crippen molar-refractivity contribution in [2.75, 3.05) is 0 Å². The van der Waals surface area contributed by atoms with Gasteiger partial charge < -0.3 is 5.73 Å². The van der Waals surface area contributed by atoms with Crippen LogP contribution in [0.15, 0.2) is 42.5 Å². The summed E-state index contributed by atoms with van der Waals surface area (Å²) in [4.78, 5) is 0. The number of rotatable bonds is 4. The molecule has 0 saturated carbocycles. The molecule has 1 unspecified atom stereocenters. The summed E-state index contributed by atoms with van der Waals surface area (Å²) in [6.07, 6.45) is 1.07. The first-order chi connectivity index (χ1) is 9.85. The summed E-state index contributed by atoms with van der Waals surface area (Å²) >= 11 is 0. The molecule has 0 aliphatic carbocycles. The molecule has 0 heterocycles. The van der Waals surface area contributed by atoms with Crippen molar-refractivity contribution in [3.05, 3.63) is 59.4 Å². The van der Waals surface area contributed by atoms with Crippen molar-refractivity contribution in [3.63, 3.8) is 0 Å². The van der Waals surface area contributed by atoms with Gasteiger partial charge in [0.15, 0.2) is 0 Å². The van der Waals surface area contributed by atoms with Crippen LogP contribution < -0.4 is 5.73 Å². The Labute approximate surface area is 127 Å². The fourth-order valence-electron chi connectivity index (χ4n) is 2.35. The summed E-state index contributed by atoms with van der Waals surface area (Å²) in [5, 5.41) is 0. The highest BCUT2D eigenvalue weighted by atomic mass is 19.1. The van der Waals surface area contributed by atoms with Crippen molar-refractivity contribution in [1.82, 2.24) is 0 Å². The largest absolute Gasteiger partial charge is 0.324 e. The Hall–Kier alpha value is -1.67. The molecule has 0 bridgehead atoms. The van der Waals surface area contributed by atoms with Crippen LogP contribution in [0.4, 0.5) is 4.39 Å². The maximum Gasteiger partial charge on any atom is 0.131 e. The van der Waals surface area contributed by atoms with Gasteiger partial charge in [-0.05, 0) is 47.6 Å². The van der Waals surface area contributed by atoms with Crippen LogP contribution in [-0.4, -0.2) is 0 Å². The van der Waals surface area contributed by atoms with Crippen LogP contribution in [0.2, 0.25) is 0 Å². The van der Waals surface area contributed by atoms with Crippen molar-refractivity contribution in [1.29, 1.82) is 0 Å². The fraction of sp³-hybridized carbons (Fsp3) is 0.368. The summed E-state index contributed by atoms with van der Waals surface area (Å²) in [6.45, 7) is 8.53. The zero-order chi connectivity index (χ0) is 15.6. The predicted octanol–water partition coefficient (Wildman–Crippen LogP) is 5.20. The lowest BCUT2D eigenvalue weighted by atomic mass is 9.82. The predicted molar refractivity (Wildman–Crippen MR) is 87.8 cm³/mol. The van der Waals surface area contributed by atoms with E-state index in [4.69, 9.17) is 5.73 Å². The lowest BCUT2D eigenvalue weighted by Crippen LogP contribution is -2.15. The summed E-state index contributed by atoms with van der Waals surface area (Å²) in [7, 11) is 0. The Morgan fingerprint density at radius 1 is 1.10 bits per heavy atom. The van der Waals surface area contributed by atoms with Gasteiger partial charge in [0.1, 0.15) is 5.82 Å². The van der Waals surface area contributed by atoms with E-state index in [-0.39, 0.29) is 17.3 Å². The summed E-state index contributed by atoms with van der Waals surface area (Å²) < 4.78 is 14.1. The minimum atomic E-state index is -0.207. The van der Waals surface area contributed by atoms with Gasteiger partial charge in [-0.15, -0.1) is 0 Å². The topological polar surface area (TPSA) is 26.0 Å². The Bertz CT molecular complexity index is 612. The standard InChI is InChI=1S/C19H24FN/c1-5-19(3,4)16-9-6-14(7-10-16)17-12-15(13(2)21)8-11-18(17)20/h6-13H,5,21H2,1-4H3. The van der Waals surface area contributed by atoms with Crippen LogP contribution in [0.3, 0.4) is 0 Å². The molecule has 0 radical (unpaired) electrons. The number of hydrogen-bond donors (Lipinski definition) is 1. The second kappa shape index (κ2) is 5.98. The molecule has 21 heavy (non-hydrogen) atoms. The lowest BCUT2D eigenvalue weighted by Gasteiger charge is -2.23. The van der Waals surface area contributed by atoms with E-state index in [1.54, 1.807) is 6.07 Å². The van der Waals surface area contributed by atoms with E-state index < -0.39 is 0 Å². The molecular weight excluding hydrogens is 261 g/mol. The van der Waals surface area contributed by atoms with Gasteiger partial charge >= 0.3 is 0 Å². The first-order valence-electron chi connectivity index (χ1n) is 7.51. The molecule has 2 N–H and O–H groups in total. The van der Waals surface area contributed by atoms with Crippen LogP contribution in [-0.2, 0) is 5.41 Å². The second-order valence-corrected chi connectivity index (χ2v) is 6.34. The molecule has 0 amide bonds. The van der Waals surface area contributed by atoms with E-state index in [1.807, 2.05) is 25.1 Å². The number of benzene rings is 2. The van der Waals surface area contributed by atoms with Crippen molar-refractivity contribution in [3.8, 4) is 11.1 Å². The summed E-state index contributed by atoms with van der Waals surface area (Å²) in [5.41, 5.74) is 9.77. The van der Waals surface area contributed by atoms with Gasteiger partial charge in [0, 0.05) is 11.6 Å². The first kappa shape index (κ1) is 15.7. The number of hydrogen-bond acceptors (Lipinski definition) is 1. The van der Waals surface area contributed by atoms with E-state index in [9.17, 15) is 4.39 Å². The highest BCUT2D eigenvalue weighted by Crippen LogP contribution is 2.30. The Morgan fingerprint density at radius 2 is 1.71 bits per heavy atom. The van der Waals surface area contributed by atoms with Gasteiger partial charge in [-0.25, -0.2) is 4.39 Å². The van der Waals surface area contributed by atoms with Crippen molar-refractivity contribution < 1.29 is 4.39 Å². The van der Waals surface area contributed by atoms with Gasteiger partial charge in [0.2, 0.25) is 0 Å². The molecule has 2 aromatic rings. The summed E-state index contributed by atoms with van der Waals surface area (Å²) in [6, 6.07) is 13.2. The maximum atomic E-state index is 14.1. The van der Waals surface area contributed by atoms with Crippen LogP contribution in [0.5, 0.6) is 0 Å².